The van der Waals surface area contributed by atoms with Crippen LogP contribution in [0.5, 0.6) is 0 Å². The Bertz CT molecular complexity index is 855. The maximum atomic E-state index is 12.4. The monoisotopic (exact) mass is 387 g/mol. The fraction of sp³-hybridized carbons (Fsp3) is 0.421. The van der Waals surface area contributed by atoms with Crippen LogP contribution in [0.15, 0.2) is 30.6 Å². The van der Waals surface area contributed by atoms with E-state index < -0.39 is 16.3 Å². The van der Waals surface area contributed by atoms with Crippen LogP contribution in [0.3, 0.4) is 0 Å². The van der Waals surface area contributed by atoms with Gasteiger partial charge in [0, 0.05) is 24.2 Å². The van der Waals surface area contributed by atoms with Crippen LogP contribution in [0.1, 0.15) is 64.9 Å². The Kier molecular flexibility index (Phi) is 5.98. The Morgan fingerprint density at radius 3 is 2.74 bits per heavy atom. The lowest BCUT2D eigenvalue weighted by atomic mass is 10.0. The Labute approximate surface area is 161 Å². The quantitative estimate of drug-likeness (QED) is 0.736. The summed E-state index contributed by atoms with van der Waals surface area (Å²) in [6, 6.07) is 5.54. The smallest absolute Gasteiger partial charge is 0.253 e. The van der Waals surface area contributed by atoms with E-state index in [1.54, 1.807) is 25.3 Å². The van der Waals surface area contributed by atoms with Gasteiger partial charge >= 0.3 is 0 Å². The second-order valence-electron chi connectivity index (χ2n) is 7.04. The highest BCUT2D eigenvalue weighted by Crippen LogP contribution is 2.29. The van der Waals surface area contributed by atoms with Gasteiger partial charge in [-0.3, -0.25) is 19.0 Å². The van der Waals surface area contributed by atoms with Crippen molar-refractivity contribution in [2.75, 3.05) is 0 Å². The summed E-state index contributed by atoms with van der Waals surface area (Å²) in [6.45, 7) is 6.86. The normalized spacial score (nSPS) is 18.2. The van der Waals surface area contributed by atoms with Gasteiger partial charge in [0.25, 0.3) is 5.91 Å². The number of hydrogen-bond donors (Lipinski definition) is 2. The molecule has 0 radical (unpaired) electrons. The summed E-state index contributed by atoms with van der Waals surface area (Å²) in [5, 5.41) is 5.64. The number of nitrogens with one attached hydrogen (secondary N) is 2. The van der Waals surface area contributed by atoms with Crippen molar-refractivity contribution in [3.8, 4) is 0 Å². The molecule has 8 heteroatoms. The Morgan fingerprint density at radius 2 is 2.11 bits per heavy atom. The summed E-state index contributed by atoms with van der Waals surface area (Å²) in [6.07, 6.45) is 3.13. The molecule has 7 nitrogen and oxygen atoms in total. The van der Waals surface area contributed by atoms with E-state index in [4.69, 9.17) is 0 Å². The molecule has 0 aliphatic carbocycles. The van der Waals surface area contributed by atoms with Gasteiger partial charge in [-0.2, -0.15) is 0 Å². The lowest BCUT2D eigenvalue weighted by Gasteiger charge is -2.15. The lowest BCUT2D eigenvalue weighted by molar-refractivity contribution is 0.0950. The number of hydrogen-bond acceptors (Lipinski definition) is 6. The van der Waals surface area contributed by atoms with Crippen LogP contribution < -0.4 is 10.6 Å². The number of carbonyl (C=O) groups is 1. The van der Waals surface area contributed by atoms with Crippen molar-refractivity contribution in [2.45, 2.75) is 45.2 Å². The zero-order valence-electron chi connectivity index (χ0n) is 15.6. The first-order chi connectivity index (χ1) is 12.9. The molecule has 1 amide bonds. The van der Waals surface area contributed by atoms with Crippen molar-refractivity contribution in [3.63, 3.8) is 0 Å². The molecule has 0 spiro atoms. The molecule has 27 heavy (non-hydrogen) atoms. The lowest BCUT2D eigenvalue weighted by Crippen LogP contribution is -2.24. The molecular formula is C19H23N4O3S-. The summed E-state index contributed by atoms with van der Waals surface area (Å²) in [5.74, 6) is 0.229. The van der Waals surface area contributed by atoms with Crippen LogP contribution in [-0.2, 0) is 24.2 Å². The zero-order chi connectivity index (χ0) is 19.6. The van der Waals surface area contributed by atoms with Gasteiger partial charge in [-0.05, 0) is 47.2 Å². The third-order valence-electron chi connectivity index (χ3n) is 4.77. The van der Waals surface area contributed by atoms with E-state index in [0.29, 0.717) is 29.3 Å². The fourth-order valence-electron chi connectivity index (χ4n) is 3.10. The molecule has 0 aromatic carbocycles. The molecule has 3 atom stereocenters. The van der Waals surface area contributed by atoms with Crippen molar-refractivity contribution in [1.82, 2.24) is 20.6 Å². The van der Waals surface area contributed by atoms with E-state index in [2.05, 4.69) is 34.4 Å². The van der Waals surface area contributed by atoms with Crippen LogP contribution in [0.4, 0.5) is 0 Å². The van der Waals surface area contributed by atoms with Crippen molar-refractivity contribution < 1.29 is 13.6 Å². The molecular weight excluding hydrogens is 364 g/mol. The number of fused-ring (bicyclic) bond motifs is 1. The number of nitrogens with zero attached hydrogens (tertiary/aromatic N) is 2. The predicted octanol–water partition coefficient (Wildman–Crippen LogP) is 2.15. The molecule has 0 bridgehead atoms. The molecule has 2 aromatic heterocycles. The maximum absolute atomic E-state index is 12.4. The molecule has 0 fully saturated rings. The Balaban J connectivity index is 1.62. The fourth-order valence-corrected chi connectivity index (χ4v) is 3.46. The van der Waals surface area contributed by atoms with E-state index in [-0.39, 0.29) is 18.5 Å². The Morgan fingerprint density at radius 1 is 1.33 bits per heavy atom. The first-order valence-electron chi connectivity index (χ1n) is 8.90. The van der Waals surface area contributed by atoms with Gasteiger partial charge in [-0.1, -0.05) is 19.9 Å². The van der Waals surface area contributed by atoms with Gasteiger partial charge in [0.15, 0.2) is 0 Å². The standard InChI is InChI=1S/C19H24N4O3S/c1-11(2)17-18-14(8-21-17)6-15(9-22-18)19(24)23-10-16-5-4-13(7-20-16)12(3)27(25)26/h4-7,9,11-12,17,21H,8,10H2,1-3H3,(H,23,24)(H,25,26)/p-1/t12?,17-/m0/s1. The van der Waals surface area contributed by atoms with E-state index in [1.807, 2.05) is 6.07 Å². The van der Waals surface area contributed by atoms with Gasteiger partial charge in [-0.15, -0.1) is 0 Å². The molecule has 2 aromatic rings. The maximum Gasteiger partial charge on any atom is 0.253 e. The molecule has 0 saturated heterocycles. The molecule has 2 unspecified atom stereocenters. The Hall–Kier alpha value is -2.16. The van der Waals surface area contributed by atoms with E-state index in [9.17, 15) is 13.6 Å². The summed E-state index contributed by atoms with van der Waals surface area (Å²) >= 11 is -2.18. The second kappa shape index (κ2) is 8.24. The highest BCUT2D eigenvalue weighted by molar-refractivity contribution is 7.79. The van der Waals surface area contributed by atoms with Crippen LogP contribution in [0.2, 0.25) is 0 Å². The number of pyridine rings is 2. The summed E-state index contributed by atoms with van der Waals surface area (Å²) < 4.78 is 22.0. The third-order valence-corrected chi connectivity index (χ3v) is 5.62. The molecule has 0 saturated carbocycles. The minimum Gasteiger partial charge on any atom is -0.772 e. The largest absolute Gasteiger partial charge is 0.772 e. The van der Waals surface area contributed by atoms with Crippen LogP contribution >= 0.6 is 0 Å². The van der Waals surface area contributed by atoms with E-state index in [0.717, 1.165) is 11.3 Å². The molecule has 144 valence electrons. The number of amides is 1. The van der Waals surface area contributed by atoms with Crippen molar-refractivity contribution in [1.29, 1.82) is 0 Å². The van der Waals surface area contributed by atoms with Crippen molar-refractivity contribution in [2.24, 2.45) is 5.92 Å². The summed E-state index contributed by atoms with van der Waals surface area (Å²) in [7, 11) is 0. The highest BCUT2D eigenvalue weighted by Gasteiger charge is 2.26. The molecule has 1 aliphatic heterocycles. The number of rotatable bonds is 6. The third kappa shape index (κ3) is 4.40. The first-order valence-corrected chi connectivity index (χ1v) is 10.0. The highest BCUT2D eigenvalue weighted by atomic mass is 32.2. The summed E-state index contributed by atoms with van der Waals surface area (Å²) in [4.78, 5) is 21.1. The summed E-state index contributed by atoms with van der Waals surface area (Å²) in [5.41, 5.74) is 3.87. The van der Waals surface area contributed by atoms with Gasteiger partial charge in [0.05, 0.1) is 29.5 Å². The molecule has 3 rings (SSSR count). The number of carbonyl (C=O) groups excluding carboxylic acids is 1. The van der Waals surface area contributed by atoms with Crippen molar-refractivity contribution in [3.05, 3.63) is 58.7 Å². The zero-order valence-corrected chi connectivity index (χ0v) is 16.4. The minimum atomic E-state index is -2.18. The predicted molar refractivity (Wildman–Crippen MR) is 101 cm³/mol. The van der Waals surface area contributed by atoms with Crippen LogP contribution in [0, 0.1) is 5.92 Å². The molecule has 1 aliphatic rings. The van der Waals surface area contributed by atoms with Crippen LogP contribution in [0.25, 0.3) is 0 Å². The molecule has 2 N–H and O–H groups in total. The number of aromatic nitrogens is 2. The second-order valence-corrected chi connectivity index (χ2v) is 8.27. The topological polar surface area (TPSA) is 107 Å². The van der Waals surface area contributed by atoms with Gasteiger partial charge in [0.2, 0.25) is 0 Å². The minimum absolute atomic E-state index is 0.210. The van der Waals surface area contributed by atoms with Gasteiger partial charge < -0.3 is 15.2 Å². The van der Waals surface area contributed by atoms with Crippen LogP contribution in [-0.4, -0.2) is 24.6 Å². The molecule has 3 heterocycles. The van der Waals surface area contributed by atoms with Gasteiger partial charge in [-0.25, -0.2) is 0 Å². The van der Waals surface area contributed by atoms with Gasteiger partial charge in [0.1, 0.15) is 0 Å². The van der Waals surface area contributed by atoms with Crippen molar-refractivity contribution >= 4 is 17.0 Å². The average molecular weight is 387 g/mol. The van der Waals surface area contributed by atoms with E-state index in [1.165, 1.54) is 6.20 Å². The first kappa shape index (κ1) is 19.6. The SMILES string of the molecule is CC(C)[C@@H]1NCc2cc(C(=O)NCc3ccc(C(C)S(=O)[O-])cn3)cnc21. The van der Waals surface area contributed by atoms with E-state index >= 15 is 0 Å². The average Bonchev–Trinajstić information content (AvgIpc) is 3.09.